The smallest absolute Gasteiger partial charge is 0.240 e. The Labute approximate surface area is 120 Å². The first-order chi connectivity index (χ1) is 8.49. The quantitative estimate of drug-likeness (QED) is 0.894. The number of hydrogen-bond acceptors (Lipinski definition) is 3. The second-order valence-corrected chi connectivity index (χ2v) is 7.79. The standard InChI is InChI=1S/C13H19BrN2OS/c1-9-3-2-6-13(15,7-9)12(17)16-8-10-4-5-11(14)18-10/h4-5,9H,2-3,6-8,15H2,1H3,(H,16,17). The van der Waals surface area contributed by atoms with Crippen LogP contribution in [0.2, 0.25) is 0 Å². The number of rotatable bonds is 3. The first-order valence-corrected chi connectivity index (χ1v) is 7.92. The summed E-state index contributed by atoms with van der Waals surface area (Å²) in [7, 11) is 0. The maximum Gasteiger partial charge on any atom is 0.240 e. The summed E-state index contributed by atoms with van der Waals surface area (Å²) in [5.74, 6) is 0.545. The van der Waals surface area contributed by atoms with Crippen molar-refractivity contribution in [2.75, 3.05) is 0 Å². The van der Waals surface area contributed by atoms with E-state index < -0.39 is 5.54 Å². The summed E-state index contributed by atoms with van der Waals surface area (Å²) in [5, 5.41) is 2.97. The predicted molar refractivity (Wildman–Crippen MR) is 78.4 cm³/mol. The van der Waals surface area contributed by atoms with Crippen LogP contribution in [-0.4, -0.2) is 11.4 Å². The van der Waals surface area contributed by atoms with Gasteiger partial charge < -0.3 is 11.1 Å². The van der Waals surface area contributed by atoms with E-state index in [0.29, 0.717) is 12.5 Å². The average Bonchev–Trinajstić information content (AvgIpc) is 2.71. The van der Waals surface area contributed by atoms with E-state index in [1.54, 1.807) is 11.3 Å². The number of thiophene rings is 1. The first kappa shape index (κ1) is 14.0. The van der Waals surface area contributed by atoms with Crippen LogP contribution in [0.25, 0.3) is 0 Å². The molecular formula is C13H19BrN2OS. The van der Waals surface area contributed by atoms with Crippen LogP contribution in [0.1, 0.15) is 37.5 Å². The Morgan fingerprint density at radius 1 is 1.67 bits per heavy atom. The second-order valence-electron chi connectivity index (χ2n) is 5.25. The van der Waals surface area contributed by atoms with Crippen LogP contribution in [0.15, 0.2) is 15.9 Å². The van der Waals surface area contributed by atoms with Crippen LogP contribution in [0.3, 0.4) is 0 Å². The number of carbonyl (C=O) groups is 1. The van der Waals surface area contributed by atoms with Crippen LogP contribution in [0, 0.1) is 5.92 Å². The molecule has 5 heteroatoms. The number of nitrogens with one attached hydrogen (secondary N) is 1. The molecule has 2 rings (SSSR count). The van der Waals surface area contributed by atoms with Crippen molar-refractivity contribution in [2.24, 2.45) is 11.7 Å². The van der Waals surface area contributed by atoms with E-state index in [9.17, 15) is 4.79 Å². The fraction of sp³-hybridized carbons (Fsp3) is 0.615. The van der Waals surface area contributed by atoms with Crippen molar-refractivity contribution in [3.8, 4) is 0 Å². The van der Waals surface area contributed by atoms with E-state index in [0.717, 1.165) is 27.9 Å². The highest BCUT2D eigenvalue weighted by molar-refractivity contribution is 9.11. The van der Waals surface area contributed by atoms with Crippen LogP contribution < -0.4 is 11.1 Å². The highest BCUT2D eigenvalue weighted by Crippen LogP contribution is 2.30. The molecule has 0 aromatic carbocycles. The minimum absolute atomic E-state index is 0.00132. The van der Waals surface area contributed by atoms with Gasteiger partial charge in [0.05, 0.1) is 15.9 Å². The Hall–Kier alpha value is -0.390. The highest BCUT2D eigenvalue weighted by Gasteiger charge is 2.37. The molecule has 18 heavy (non-hydrogen) atoms. The molecule has 1 amide bonds. The van der Waals surface area contributed by atoms with E-state index in [-0.39, 0.29) is 5.91 Å². The van der Waals surface area contributed by atoms with E-state index in [4.69, 9.17) is 5.73 Å². The van der Waals surface area contributed by atoms with Crippen LogP contribution in [-0.2, 0) is 11.3 Å². The fourth-order valence-corrected chi connectivity index (χ4v) is 4.01. The highest BCUT2D eigenvalue weighted by atomic mass is 79.9. The van der Waals surface area contributed by atoms with E-state index in [2.05, 4.69) is 28.2 Å². The molecule has 1 aromatic rings. The van der Waals surface area contributed by atoms with Crippen molar-refractivity contribution in [3.63, 3.8) is 0 Å². The third-order valence-corrected chi connectivity index (χ3v) is 5.16. The maximum atomic E-state index is 12.2. The van der Waals surface area contributed by atoms with Gasteiger partial charge in [-0.15, -0.1) is 11.3 Å². The first-order valence-electron chi connectivity index (χ1n) is 6.31. The van der Waals surface area contributed by atoms with Crippen molar-refractivity contribution in [1.29, 1.82) is 0 Å². The Morgan fingerprint density at radius 3 is 3.06 bits per heavy atom. The Balaban J connectivity index is 1.91. The molecule has 1 saturated carbocycles. The molecule has 100 valence electrons. The zero-order valence-corrected chi connectivity index (χ0v) is 12.9. The SMILES string of the molecule is CC1CCCC(N)(C(=O)NCc2ccc(Br)s2)C1. The number of halogens is 1. The maximum absolute atomic E-state index is 12.2. The molecule has 0 spiro atoms. The van der Waals surface area contributed by atoms with Gasteiger partial charge in [0.1, 0.15) is 0 Å². The largest absolute Gasteiger partial charge is 0.350 e. The molecular weight excluding hydrogens is 312 g/mol. The molecule has 1 aromatic heterocycles. The van der Waals surface area contributed by atoms with Crippen LogP contribution in [0.5, 0.6) is 0 Å². The van der Waals surface area contributed by atoms with Gasteiger partial charge in [-0.3, -0.25) is 4.79 Å². The van der Waals surface area contributed by atoms with Crippen molar-refractivity contribution < 1.29 is 4.79 Å². The second kappa shape index (κ2) is 5.72. The normalized spacial score (nSPS) is 28.1. The van der Waals surface area contributed by atoms with E-state index in [1.165, 1.54) is 6.42 Å². The minimum Gasteiger partial charge on any atom is -0.350 e. The topological polar surface area (TPSA) is 55.1 Å². The lowest BCUT2D eigenvalue weighted by Gasteiger charge is -2.35. The molecule has 0 bridgehead atoms. The van der Waals surface area contributed by atoms with Crippen molar-refractivity contribution in [1.82, 2.24) is 5.32 Å². The molecule has 0 saturated heterocycles. The van der Waals surface area contributed by atoms with Crippen LogP contribution in [0.4, 0.5) is 0 Å². The number of amides is 1. The molecule has 2 atom stereocenters. The van der Waals surface area contributed by atoms with Gasteiger partial charge >= 0.3 is 0 Å². The van der Waals surface area contributed by atoms with Gasteiger partial charge in [0, 0.05) is 4.88 Å². The van der Waals surface area contributed by atoms with Crippen molar-refractivity contribution in [3.05, 3.63) is 20.8 Å². The van der Waals surface area contributed by atoms with Gasteiger partial charge in [0.2, 0.25) is 5.91 Å². The summed E-state index contributed by atoms with van der Waals surface area (Å²) in [5.41, 5.74) is 5.58. The van der Waals surface area contributed by atoms with Gasteiger partial charge in [-0.25, -0.2) is 0 Å². The summed E-state index contributed by atoms with van der Waals surface area (Å²) in [6.45, 7) is 2.74. The third-order valence-electron chi connectivity index (χ3n) is 3.54. The minimum atomic E-state index is -0.661. The van der Waals surface area contributed by atoms with Gasteiger partial charge in [-0.1, -0.05) is 19.8 Å². The Bertz CT molecular complexity index is 434. The van der Waals surface area contributed by atoms with Gasteiger partial charge in [0.15, 0.2) is 0 Å². The average molecular weight is 331 g/mol. The summed E-state index contributed by atoms with van der Waals surface area (Å²) in [6.07, 6.45) is 3.84. The number of nitrogens with two attached hydrogens (primary N) is 1. The number of carbonyl (C=O) groups excluding carboxylic acids is 1. The summed E-state index contributed by atoms with van der Waals surface area (Å²) in [4.78, 5) is 13.3. The lowest BCUT2D eigenvalue weighted by atomic mass is 9.76. The summed E-state index contributed by atoms with van der Waals surface area (Å²) in [6, 6.07) is 4.01. The summed E-state index contributed by atoms with van der Waals surface area (Å²) < 4.78 is 1.08. The van der Waals surface area contributed by atoms with E-state index >= 15 is 0 Å². The zero-order valence-electron chi connectivity index (χ0n) is 10.5. The van der Waals surface area contributed by atoms with Crippen molar-refractivity contribution in [2.45, 2.75) is 44.7 Å². The molecule has 2 unspecified atom stereocenters. The lowest BCUT2D eigenvalue weighted by Crippen LogP contribution is -2.56. The Kier molecular flexibility index (Phi) is 4.45. The van der Waals surface area contributed by atoms with Gasteiger partial charge in [0.25, 0.3) is 0 Å². The predicted octanol–water partition coefficient (Wildman–Crippen LogP) is 3.03. The van der Waals surface area contributed by atoms with Gasteiger partial charge in [-0.2, -0.15) is 0 Å². The molecule has 0 aliphatic heterocycles. The van der Waals surface area contributed by atoms with Crippen molar-refractivity contribution >= 4 is 33.2 Å². The molecule has 1 aliphatic rings. The van der Waals surface area contributed by atoms with Gasteiger partial charge in [-0.05, 0) is 46.8 Å². The van der Waals surface area contributed by atoms with E-state index in [1.807, 2.05) is 12.1 Å². The zero-order chi connectivity index (χ0) is 13.2. The monoisotopic (exact) mass is 330 g/mol. The molecule has 3 nitrogen and oxygen atoms in total. The summed E-state index contributed by atoms with van der Waals surface area (Å²) >= 11 is 5.05. The molecule has 3 N–H and O–H groups in total. The Morgan fingerprint density at radius 2 is 2.44 bits per heavy atom. The number of hydrogen-bond donors (Lipinski definition) is 2. The molecule has 1 fully saturated rings. The van der Waals surface area contributed by atoms with Crippen LogP contribution >= 0.6 is 27.3 Å². The third kappa shape index (κ3) is 3.33. The molecule has 1 heterocycles. The fourth-order valence-electron chi connectivity index (χ4n) is 2.59. The molecule has 1 aliphatic carbocycles. The molecule has 0 radical (unpaired) electrons. The lowest BCUT2D eigenvalue weighted by molar-refractivity contribution is -0.128.